The van der Waals surface area contributed by atoms with Crippen LogP contribution in [-0.2, 0) is 6.54 Å². The number of hydrogen-bond donors (Lipinski definition) is 1. The van der Waals surface area contributed by atoms with Crippen LogP contribution < -0.4 is 10.9 Å². The number of amides is 2. The van der Waals surface area contributed by atoms with Gasteiger partial charge in [0.2, 0.25) is 0 Å². The fourth-order valence-corrected chi connectivity index (χ4v) is 5.03. The van der Waals surface area contributed by atoms with Gasteiger partial charge in [-0.2, -0.15) is 0 Å². The summed E-state index contributed by atoms with van der Waals surface area (Å²) in [4.78, 5) is 35.5. The summed E-state index contributed by atoms with van der Waals surface area (Å²) >= 11 is 1.64. The van der Waals surface area contributed by atoms with Crippen LogP contribution in [0.5, 0.6) is 0 Å². The summed E-state index contributed by atoms with van der Waals surface area (Å²) in [6.07, 6.45) is 4.12. The SMILES string of the molecule is CCC(c1nc2ccccc2c(=O)n1-c1ccc(C)cc1)N(Cc1ccco1)C(=O)Nc1ccc(SC)cc1. The summed E-state index contributed by atoms with van der Waals surface area (Å²) in [6.45, 7) is 4.19. The van der Waals surface area contributed by atoms with Crippen LogP contribution in [0.3, 0.4) is 0 Å². The zero-order chi connectivity index (χ0) is 27.4. The molecule has 5 aromatic rings. The maximum atomic E-state index is 13.9. The van der Waals surface area contributed by atoms with Gasteiger partial charge in [-0.1, -0.05) is 36.8 Å². The quantitative estimate of drug-likeness (QED) is 0.211. The molecule has 2 amide bonds. The highest BCUT2D eigenvalue weighted by atomic mass is 32.2. The van der Waals surface area contributed by atoms with Gasteiger partial charge in [-0.25, -0.2) is 9.78 Å². The number of hydrogen-bond acceptors (Lipinski definition) is 5. The zero-order valence-electron chi connectivity index (χ0n) is 22.1. The second kappa shape index (κ2) is 11.6. The molecule has 198 valence electrons. The van der Waals surface area contributed by atoms with E-state index in [9.17, 15) is 9.59 Å². The first-order valence-corrected chi connectivity index (χ1v) is 14.0. The molecule has 1 N–H and O–H groups in total. The lowest BCUT2D eigenvalue weighted by Crippen LogP contribution is -2.40. The Balaban J connectivity index is 1.64. The van der Waals surface area contributed by atoms with Gasteiger partial charge in [0.25, 0.3) is 5.56 Å². The van der Waals surface area contributed by atoms with Crippen LogP contribution in [0, 0.1) is 6.92 Å². The largest absolute Gasteiger partial charge is 0.467 e. The molecular formula is C31H30N4O3S. The van der Waals surface area contributed by atoms with E-state index in [1.54, 1.807) is 39.6 Å². The fraction of sp³-hybridized carbons (Fsp3) is 0.194. The van der Waals surface area contributed by atoms with E-state index in [-0.39, 0.29) is 18.1 Å². The lowest BCUT2D eigenvalue weighted by Gasteiger charge is -2.32. The van der Waals surface area contributed by atoms with Crippen molar-refractivity contribution in [1.82, 2.24) is 14.5 Å². The highest BCUT2D eigenvalue weighted by molar-refractivity contribution is 7.98. The molecule has 2 aromatic heterocycles. The van der Waals surface area contributed by atoms with Gasteiger partial charge in [0.1, 0.15) is 11.6 Å². The van der Waals surface area contributed by atoms with E-state index in [0.717, 1.165) is 10.5 Å². The molecule has 0 saturated heterocycles. The van der Waals surface area contributed by atoms with Crippen molar-refractivity contribution in [2.24, 2.45) is 0 Å². The third kappa shape index (κ3) is 5.61. The molecule has 0 bridgehead atoms. The predicted molar refractivity (Wildman–Crippen MR) is 157 cm³/mol. The summed E-state index contributed by atoms with van der Waals surface area (Å²) < 4.78 is 7.26. The van der Waals surface area contributed by atoms with Crippen molar-refractivity contribution >= 4 is 34.4 Å². The van der Waals surface area contributed by atoms with Crippen LogP contribution in [0.2, 0.25) is 0 Å². The van der Waals surface area contributed by atoms with Gasteiger partial charge in [0.15, 0.2) is 0 Å². The number of fused-ring (bicyclic) bond motifs is 1. The molecule has 2 heterocycles. The molecule has 1 atom stereocenters. The van der Waals surface area contributed by atoms with Crippen molar-refractivity contribution in [3.8, 4) is 5.69 Å². The van der Waals surface area contributed by atoms with E-state index in [2.05, 4.69) is 5.32 Å². The van der Waals surface area contributed by atoms with Gasteiger partial charge in [-0.15, -0.1) is 11.8 Å². The summed E-state index contributed by atoms with van der Waals surface area (Å²) in [6, 6.07) is 25.5. The zero-order valence-corrected chi connectivity index (χ0v) is 22.9. The molecule has 5 rings (SSSR count). The molecule has 7 nitrogen and oxygen atoms in total. The van der Waals surface area contributed by atoms with Crippen molar-refractivity contribution in [2.75, 3.05) is 11.6 Å². The standard InChI is InChI=1S/C31H30N4O3S/c1-4-28(34(20-24-8-7-19-38-24)31(37)32-22-13-17-25(39-3)18-14-22)29-33-27-10-6-5-9-26(27)30(36)35(29)23-15-11-21(2)12-16-23/h5-19,28H,4,20H2,1-3H3,(H,32,37). The van der Waals surface area contributed by atoms with E-state index in [1.165, 1.54) is 0 Å². The summed E-state index contributed by atoms with van der Waals surface area (Å²) in [5, 5.41) is 3.55. The first-order chi connectivity index (χ1) is 19.0. The van der Waals surface area contributed by atoms with Gasteiger partial charge >= 0.3 is 6.03 Å². The van der Waals surface area contributed by atoms with Crippen LogP contribution in [0.25, 0.3) is 16.6 Å². The van der Waals surface area contributed by atoms with Gasteiger partial charge in [0.05, 0.1) is 35.4 Å². The highest BCUT2D eigenvalue weighted by Gasteiger charge is 2.30. The first-order valence-electron chi connectivity index (χ1n) is 12.8. The Morgan fingerprint density at radius 3 is 2.44 bits per heavy atom. The molecule has 3 aromatic carbocycles. The van der Waals surface area contributed by atoms with Crippen LogP contribution in [0.1, 0.15) is 36.5 Å². The van der Waals surface area contributed by atoms with Gasteiger partial charge in [-0.3, -0.25) is 9.36 Å². The van der Waals surface area contributed by atoms with E-state index in [4.69, 9.17) is 9.40 Å². The number of benzene rings is 3. The number of para-hydroxylation sites is 1. The molecule has 0 spiro atoms. The Hall–Kier alpha value is -4.30. The number of nitrogens with one attached hydrogen (secondary N) is 1. The molecule has 39 heavy (non-hydrogen) atoms. The fourth-order valence-electron chi connectivity index (χ4n) is 4.62. The van der Waals surface area contributed by atoms with Gasteiger partial charge < -0.3 is 14.6 Å². The van der Waals surface area contributed by atoms with Crippen molar-refractivity contribution in [1.29, 1.82) is 0 Å². The number of carbonyl (C=O) groups is 1. The van der Waals surface area contributed by atoms with Crippen molar-refractivity contribution in [3.05, 3.63) is 119 Å². The number of furan rings is 1. The third-order valence-electron chi connectivity index (χ3n) is 6.66. The lowest BCUT2D eigenvalue weighted by molar-refractivity contribution is 0.170. The molecular weight excluding hydrogens is 508 g/mol. The van der Waals surface area contributed by atoms with E-state index in [1.807, 2.05) is 92.9 Å². The van der Waals surface area contributed by atoms with Crippen LogP contribution in [-0.4, -0.2) is 26.7 Å². The monoisotopic (exact) mass is 538 g/mol. The van der Waals surface area contributed by atoms with E-state index in [0.29, 0.717) is 40.3 Å². The average Bonchev–Trinajstić information content (AvgIpc) is 3.47. The molecule has 0 aliphatic heterocycles. The number of rotatable bonds is 8. The summed E-state index contributed by atoms with van der Waals surface area (Å²) in [5.41, 5.74) is 2.87. The summed E-state index contributed by atoms with van der Waals surface area (Å²) in [5.74, 6) is 1.12. The lowest BCUT2D eigenvalue weighted by atomic mass is 10.1. The Morgan fingerprint density at radius 1 is 1.03 bits per heavy atom. The normalized spacial score (nSPS) is 11.9. The number of carbonyl (C=O) groups excluding carboxylic acids is 1. The van der Waals surface area contributed by atoms with Crippen LogP contribution >= 0.6 is 11.8 Å². The number of aromatic nitrogens is 2. The molecule has 0 fully saturated rings. The molecule has 0 aliphatic carbocycles. The van der Waals surface area contributed by atoms with Gasteiger partial charge in [-0.05, 0) is 80.3 Å². The summed E-state index contributed by atoms with van der Waals surface area (Å²) in [7, 11) is 0. The topological polar surface area (TPSA) is 80.4 Å². The Kier molecular flexibility index (Phi) is 7.84. The maximum absolute atomic E-state index is 13.9. The minimum Gasteiger partial charge on any atom is -0.467 e. The van der Waals surface area contributed by atoms with Crippen molar-refractivity contribution in [2.45, 2.75) is 37.8 Å². The molecule has 0 saturated carbocycles. The maximum Gasteiger partial charge on any atom is 0.322 e. The first kappa shape index (κ1) is 26.3. The second-order valence-corrected chi connectivity index (χ2v) is 10.1. The molecule has 8 heteroatoms. The minimum atomic E-state index is -0.529. The van der Waals surface area contributed by atoms with Crippen molar-refractivity contribution in [3.63, 3.8) is 0 Å². The highest BCUT2D eigenvalue weighted by Crippen LogP contribution is 2.29. The molecule has 1 unspecified atom stereocenters. The Labute approximate surface area is 231 Å². The van der Waals surface area contributed by atoms with Crippen LogP contribution in [0.4, 0.5) is 10.5 Å². The minimum absolute atomic E-state index is 0.177. The molecule has 0 radical (unpaired) electrons. The van der Waals surface area contributed by atoms with E-state index >= 15 is 0 Å². The smallest absolute Gasteiger partial charge is 0.322 e. The van der Waals surface area contributed by atoms with E-state index < -0.39 is 6.04 Å². The van der Waals surface area contributed by atoms with Gasteiger partial charge in [0, 0.05) is 10.6 Å². The number of nitrogens with zero attached hydrogens (tertiary/aromatic N) is 3. The number of aryl methyl sites for hydroxylation is 1. The van der Waals surface area contributed by atoms with Crippen molar-refractivity contribution < 1.29 is 9.21 Å². The van der Waals surface area contributed by atoms with Crippen LogP contribution in [0.15, 0.2) is 105 Å². The third-order valence-corrected chi connectivity index (χ3v) is 7.41. The second-order valence-electron chi connectivity index (χ2n) is 9.25. The number of anilines is 1. The number of thioether (sulfide) groups is 1. The Bertz CT molecular complexity index is 1630. The molecule has 0 aliphatic rings. The Morgan fingerprint density at radius 2 is 1.77 bits per heavy atom. The average molecular weight is 539 g/mol. The number of urea groups is 1. The predicted octanol–water partition coefficient (Wildman–Crippen LogP) is 7.19.